The van der Waals surface area contributed by atoms with E-state index in [0.29, 0.717) is 22.8 Å². The molecule has 3 rings (SSSR count). The zero-order valence-electron chi connectivity index (χ0n) is 14.8. The number of pyridine rings is 1. The first-order chi connectivity index (χ1) is 12.6. The van der Waals surface area contributed by atoms with Gasteiger partial charge in [-0.25, -0.2) is 4.98 Å². The molecular weight excluding hydrogens is 326 g/mol. The summed E-state index contributed by atoms with van der Waals surface area (Å²) in [5, 5.41) is 6.09. The maximum absolute atomic E-state index is 12.7. The minimum Gasteiger partial charge on any atom is -0.457 e. The number of hydrogen-bond acceptors (Lipinski definition) is 4. The molecule has 2 N–H and O–H groups in total. The van der Waals surface area contributed by atoms with E-state index in [1.807, 2.05) is 62.4 Å². The van der Waals surface area contributed by atoms with Crippen LogP contribution in [0, 0.1) is 0 Å². The molecule has 0 aliphatic rings. The van der Waals surface area contributed by atoms with Gasteiger partial charge in [0.1, 0.15) is 17.3 Å². The lowest BCUT2D eigenvalue weighted by molar-refractivity contribution is 0.102. The zero-order chi connectivity index (χ0) is 18.4. The van der Waals surface area contributed by atoms with Crippen molar-refractivity contribution < 1.29 is 9.53 Å². The van der Waals surface area contributed by atoms with Gasteiger partial charge in [0.05, 0.1) is 5.56 Å². The SMILES string of the molecule is CC(C)Nc1ncccc1C(=O)Nc1cccc(Oc2ccccc2)c1. The molecule has 132 valence electrons. The molecule has 0 fully saturated rings. The summed E-state index contributed by atoms with van der Waals surface area (Å²) in [5.74, 6) is 1.74. The fourth-order valence-corrected chi connectivity index (χ4v) is 2.44. The lowest BCUT2D eigenvalue weighted by atomic mass is 10.2. The van der Waals surface area contributed by atoms with E-state index in [4.69, 9.17) is 4.74 Å². The molecule has 0 atom stereocenters. The molecule has 5 heteroatoms. The van der Waals surface area contributed by atoms with Crippen molar-refractivity contribution in [1.82, 2.24) is 4.98 Å². The largest absolute Gasteiger partial charge is 0.457 e. The van der Waals surface area contributed by atoms with Crippen LogP contribution in [0.3, 0.4) is 0 Å². The molecule has 5 nitrogen and oxygen atoms in total. The van der Waals surface area contributed by atoms with Crippen LogP contribution in [0.1, 0.15) is 24.2 Å². The highest BCUT2D eigenvalue weighted by Crippen LogP contribution is 2.24. The van der Waals surface area contributed by atoms with Gasteiger partial charge in [-0.1, -0.05) is 24.3 Å². The van der Waals surface area contributed by atoms with E-state index >= 15 is 0 Å². The molecule has 0 radical (unpaired) electrons. The maximum Gasteiger partial charge on any atom is 0.259 e. The summed E-state index contributed by atoms with van der Waals surface area (Å²) < 4.78 is 5.81. The average Bonchev–Trinajstić information content (AvgIpc) is 2.63. The molecule has 3 aromatic rings. The molecule has 0 saturated carbocycles. The second-order valence-electron chi connectivity index (χ2n) is 6.10. The molecule has 0 saturated heterocycles. The van der Waals surface area contributed by atoms with Gasteiger partial charge in [-0.3, -0.25) is 4.79 Å². The Bertz CT molecular complexity index is 879. The Labute approximate surface area is 153 Å². The fraction of sp³-hybridized carbons (Fsp3) is 0.143. The monoisotopic (exact) mass is 347 g/mol. The molecule has 1 aromatic heterocycles. The number of ether oxygens (including phenoxy) is 1. The number of nitrogens with one attached hydrogen (secondary N) is 2. The van der Waals surface area contributed by atoms with Crippen LogP contribution in [0.5, 0.6) is 11.5 Å². The van der Waals surface area contributed by atoms with E-state index in [1.54, 1.807) is 24.4 Å². The molecule has 0 unspecified atom stereocenters. The lowest BCUT2D eigenvalue weighted by Crippen LogP contribution is -2.18. The Hall–Kier alpha value is -3.34. The van der Waals surface area contributed by atoms with Crippen LogP contribution in [-0.2, 0) is 0 Å². The minimum atomic E-state index is -0.224. The third-order valence-electron chi connectivity index (χ3n) is 3.55. The first-order valence-corrected chi connectivity index (χ1v) is 8.47. The van der Waals surface area contributed by atoms with Gasteiger partial charge in [0.2, 0.25) is 0 Å². The number of nitrogens with zero attached hydrogens (tertiary/aromatic N) is 1. The highest BCUT2D eigenvalue weighted by atomic mass is 16.5. The van der Waals surface area contributed by atoms with Crippen LogP contribution in [0.15, 0.2) is 72.9 Å². The standard InChI is InChI=1S/C21H21N3O2/c1-15(2)23-20-19(12-7-13-22-20)21(25)24-16-8-6-11-18(14-16)26-17-9-4-3-5-10-17/h3-15H,1-2H3,(H,22,23)(H,24,25). The molecule has 26 heavy (non-hydrogen) atoms. The quantitative estimate of drug-likeness (QED) is 0.662. The number of amides is 1. The number of carbonyl (C=O) groups excluding carboxylic acids is 1. The fourth-order valence-electron chi connectivity index (χ4n) is 2.44. The molecular formula is C21H21N3O2. The summed E-state index contributed by atoms with van der Waals surface area (Å²) in [6, 6.07) is 20.5. The van der Waals surface area contributed by atoms with Gasteiger partial charge >= 0.3 is 0 Å². The number of benzene rings is 2. The lowest BCUT2D eigenvalue weighted by Gasteiger charge is -2.14. The van der Waals surface area contributed by atoms with Gasteiger partial charge < -0.3 is 15.4 Å². The number of anilines is 2. The topological polar surface area (TPSA) is 63.2 Å². The van der Waals surface area contributed by atoms with E-state index in [-0.39, 0.29) is 11.9 Å². The van der Waals surface area contributed by atoms with Crippen molar-refractivity contribution in [1.29, 1.82) is 0 Å². The highest BCUT2D eigenvalue weighted by Gasteiger charge is 2.13. The number of para-hydroxylation sites is 1. The van der Waals surface area contributed by atoms with Crippen LogP contribution in [-0.4, -0.2) is 16.9 Å². The van der Waals surface area contributed by atoms with Gasteiger partial charge in [-0.15, -0.1) is 0 Å². The smallest absolute Gasteiger partial charge is 0.259 e. The van der Waals surface area contributed by atoms with Crippen molar-refractivity contribution >= 4 is 17.4 Å². The molecule has 1 amide bonds. The Kier molecular flexibility index (Phi) is 5.49. The van der Waals surface area contributed by atoms with Crippen LogP contribution in [0.25, 0.3) is 0 Å². The third kappa shape index (κ3) is 4.60. The van der Waals surface area contributed by atoms with E-state index in [9.17, 15) is 4.79 Å². The molecule has 0 aliphatic heterocycles. The molecule has 1 heterocycles. The molecule has 2 aromatic carbocycles. The highest BCUT2D eigenvalue weighted by molar-refractivity contribution is 6.07. The number of carbonyl (C=O) groups is 1. The predicted octanol–water partition coefficient (Wildman–Crippen LogP) is 4.95. The Morgan fingerprint density at radius 3 is 2.50 bits per heavy atom. The van der Waals surface area contributed by atoms with Gasteiger partial charge in [-0.2, -0.15) is 0 Å². The first-order valence-electron chi connectivity index (χ1n) is 8.47. The van der Waals surface area contributed by atoms with Crippen LogP contribution in [0.4, 0.5) is 11.5 Å². The van der Waals surface area contributed by atoms with Crippen molar-refractivity contribution in [2.75, 3.05) is 10.6 Å². The van der Waals surface area contributed by atoms with Gasteiger partial charge in [0.25, 0.3) is 5.91 Å². The predicted molar refractivity (Wildman–Crippen MR) is 104 cm³/mol. The summed E-state index contributed by atoms with van der Waals surface area (Å²) in [5.41, 5.74) is 1.15. The maximum atomic E-state index is 12.7. The summed E-state index contributed by atoms with van der Waals surface area (Å²) in [6.07, 6.45) is 1.66. The van der Waals surface area contributed by atoms with E-state index in [2.05, 4.69) is 15.6 Å². The molecule has 0 spiro atoms. The van der Waals surface area contributed by atoms with E-state index in [1.165, 1.54) is 0 Å². The average molecular weight is 347 g/mol. The third-order valence-corrected chi connectivity index (χ3v) is 3.55. The number of hydrogen-bond donors (Lipinski definition) is 2. The Morgan fingerprint density at radius 2 is 1.73 bits per heavy atom. The summed E-state index contributed by atoms with van der Waals surface area (Å²) >= 11 is 0. The van der Waals surface area contributed by atoms with Crippen molar-refractivity contribution in [3.8, 4) is 11.5 Å². The Morgan fingerprint density at radius 1 is 0.962 bits per heavy atom. The van der Waals surface area contributed by atoms with Crippen LogP contribution in [0.2, 0.25) is 0 Å². The molecule has 0 bridgehead atoms. The van der Waals surface area contributed by atoms with E-state index in [0.717, 1.165) is 5.75 Å². The van der Waals surface area contributed by atoms with Crippen molar-refractivity contribution in [3.63, 3.8) is 0 Å². The summed E-state index contributed by atoms with van der Waals surface area (Å²) in [7, 11) is 0. The van der Waals surface area contributed by atoms with Crippen molar-refractivity contribution in [2.45, 2.75) is 19.9 Å². The van der Waals surface area contributed by atoms with Crippen molar-refractivity contribution in [3.05, 3.63) is 78.5 Å². The van der Waals surface area contributed by atoms with Crippen molar-refractivity contribution in [2.24, 2.45) is 0 Å². The van der Waals surface area contributed by atoms with Gasteiger partial charge in [-0.05, 0) is 50.2 Å². The number of aromatic nitrogens is 1. The van der Waals surface area contributed by atoms with Gasteiger partial charge in [0.15, 0.2) is 0 Å². The number of rotatable bonds is 6. The normalized spacial score (nSPS) is 10.4. The second-order valence-corrected chi connectivity index (χ2v) is 6.10. The summed E-state index contributed by atoms with van der Waals surface area (Å²) in [4.78, 5) is 16.9. The first kappa shape index (κ1) is 17.5. The minimum absolute atomic E-state index is 0.180. The molecule has 0 aliphatic carbocycles. The van der Waals surface area contributed by atoms with Gasteiger partial charge in [0, 0.05) is 24.0 Å². The zero-order valence-corrected chi connectivity index (χ0v) is 14.8. The Balaban J connectivity index is 1.75. The van der Waals surface area contributed by atoms with Crippen LogP contribution >= 0.6 is 0 Å². The van der Waals surface area contributed by atoms with Crippen LogP contribution < -0.4 is 15.4 Å². The summed E-state index contributed by atoms with van der Waals surface area (Å²) in [6.45, 7) is 4.00. The van der Waals surface area contributed by atoms with E-state index < -0.39 is 0 Å². The second kappa shape index (κ2) is 8.16.